The number of aliphatic imine (C=N–C) groups is 1. The first kappa shape index (κ1) is 73.4. The Morgan fingerprint density at radius 2 is 1.45 bits per heavy atom. The van der Waals surface area contributed by atoms with E-state index in [9.17, 15) is 52.7 Å². The van der Waals surface area contributed by atoms with E-state index in [0.29, 0.717) is 61.0 Å². The maximum absolute atomic E-state index is 13.5. The summed E-state index contributed by atoms with van der Waals surface area (Å²) >= 11 is 7.58. The number of aryl methyl sites for hydroxylation is 1. The fourth-order valence-electron chi connectivity index (χ4n) is 9.76. The van der Waals surface area contributed by atoms with Crippen molar-refractivity contribution < 1.29 is 57.5 Å². The van der Waals surface area contributed by atoms with Gasteiger partial charge in [0.05, 0.1) is 21.7 Å². The van der Waals surface area contributed by atoms with Crippen LogP contribution in [-0.2, 0) is 44.9 Å². The van der Waals surface area contributed by atoms with Crippen molar-refractivity contribution in [3.63, 3.8) is 0 Å². The summed E-state index contributed by atoms with van der Waals surface area (Å²) in [5.74, 6) is -1.82. The number of ether oxygens (including phenoxy) is 1. The molecule has 25 nitrogen and oxygen atoms in total. The van der Waals surface area contributed by atoms with Crippen LogP contribution in [0.1, 0.15) is 171 Å². The molecular formula is C62H86ClN13O12S. The number of fused-ring (bicyclic) bond motifs is 4. The molecule has 4 aliphatic rings. The summed E-state index contributed by atoms with van der Waals surface area (Å²) in [6.07, 6.45) is 8.05. The Labute approximate surface area is 529 Å². The van der Waals surface area contributed by atoms with E-state index < -0.39 is 35.6 Å². The van der Waals surface area contributed by atoms with Gasteiger partial charge in [-0.05, 0) is 96.3 Å². The zero-order chi connectivity index (χ0) is 65.6. The van der Waals surface area contributed by atoms with Crippen LogP contribution in [0.2, 0.25) is 5.02 Å². The molecule has 0 radical (unpaired) electrons. The quantitative estimate of drug-likeness (QED) is 0.0296. The van der Waals surface area contributed by atoms with E-state index >= 15 is 0 Å². The number of thiophene rings is 1. The van der Waals surface area contributed by atoms with Gasteiger partial charge in [-0.3, -0.25) is 82.7 Å². The van der Waals surface area contributed by atoms with E-state index in [1.54, 1.807) is 19.9 Å². The standard InChI is InChI=1S/C40H41ClN8O7S.C10H21N3O.C8H12N2O4.2C2H6/c1-22-32-34(24-12-14-25(41)15-13-24)44-20-29-47-46-23(2)48(29)40(32)57-35(22)37(53)43-19-8-6-4-3-5-7-18-42-31(51)21-56-28-11-9-10-26-33(28)39(55)49(38(26)54)27-16-17-30(50)45-36(27)52;1-10(14)11-4-3-5-13-8-6-12(2)7-9-13;1-7(10(5-12)6-13)2-3-8(14)9-4-11;2*1-2/h9-15,27H,3-8,16-21H2,1-2H3,(H,42,51)(H,43,53)(H,45,50,52);3-9H2,1-2H3,(H,11,14);4-7H,2-3H2,1H3,(H,9,11,14);2*1-2H3. The first-order chi connectivity index (χ1) is 42.9. The lowest BCUT2D eigenvalue weighted by Crippen LogP contribution is -2.54. The van der Waals surface area contributed by atoms with E-state index in [1.807, 2.05) is 75.7 Å². The second-order valence-corrected chi connectivity index (χ2v) is 22.2. The Morgan fingerprint density at radius 3 is 2.08 bits per heavy atom. The molecule has 0 aliphatic carbocycles. The number of aromatic nitrogens is 3. The molecule has 2 aromatic heterocycles. The molecular weight excluding hydrogens is 1190 g/mol. The van der Waals surface area contributed by atoms with E-state index in [0.717, 1.165) is 114 Å². The summed E-state index contributed by atoms with van der Waals surface area (Å²) in [5.41, 5.74) is 3.53. The molecule has 8 rings (SSSR count). The number of carbonyl (C=O) groups is 11. The van der Waals surface area contributed by atoms with Crippen molar-refractivity contribution in [2.45, 2.75) is 145 Å². The highest BCUT2D eigenvalue weighted by molar-refractivity contribution is 7.17. The van der Waals surface area contributed by atoms with Gasteiger partial charge in [-0.25, -0.2) is 0 Å². The first-order valence-electron chi connectivity index (χ1n) is 30.3. The highest BCUT2D eigenvalue weighted by atomic mass is 35.5. The van der Waals surface area contributed by atoms with Crippen molar-refractivity contribution >= 4 is 95.1 Å². The molecule has 27 heteroatoms. The third-order valence-corrected chi connectivity index (χ3v) is 16.1. The van der Waals surface area contributed by atoms with Gasteiger partial charge in [0, 0.05) is 87.8 Å². The van der Waals surface area contributed by atoms with Gasteiger partial charge in [0.2, 0.25) is 42.9 Å². The molecule has 2 aromatic carbocycles. The third kappa shape index (κ3) is 21.6. The minimum Gasteiger partial charge on any atom is -0.483 e. The molecule has 2 fully saturated rings. The number of nitrogens with one attached hydrogen (secondary N) is 5. The van der Waals surface area contributed by atoms with Gasteiger partial charge in [0.15, 0.2) is 12.4 Å². The van der Waals surface area contributed by atoms with E-state index in [-0.39, 0.29) is 66.5 Å². The Kier molecular flexibility index (Phi) is 31.6. The molecule has 2 unspecified atom stereocenters. The molecule has 6 heterocycles. The Morgan fingerprint density at radius 1 is 0.809 bits per heavy atom. The van der Waals surface area contributed by atoms with Gasteiger partial charge in [-0.1, -0.05) is 83.2 Å². The zero-order valence-electron chi connectivity index (χ0n) is 52.5. The minimum atomic E-state index is -1.09. The molecule has 0 bridgehead atoms. The van der Waals surface area contributed by atoms with Crippen LogP contribution in [0.15, 0.2) is 47.5 Å². The van der Waals surface area contributed by atoms with Crippen LogP contribution in [-0.4, -0.2) is 185 Å². The number of amides is 11. The number of hydrogen-bond acceptors (Lipinski definition) is 18. The number of imide groups is 4. The number of likely N-dealkylation sites (N-methyl/N-ethyl adjacent to an activating group) is 1. The number of rotatable bonds is 26. The van der Waals surface area contributed by atoms with Crippen molar-refractivity contribution in [1.82, 2.24) is 60.9 Å². The van der Waals surface area contributed by atoms with E-state index in [2.05, 4.69) is 48.3 Å². The number of nitrogens with zero attached hydrogens (tertiary/aromatic N) is 8. The van der Waals surface area contributed by atoms with Gasteiger partial charge in [-0.2, -0.15) is 0 Å². The van der Waals surface area contributed by atoms with Crippen molar-refractivity contribution in [1.29, 1.82) is 0 Å². The number of piperidine rings is 1. The second-order valence-electron chi connectivity index (χ2n) is 20.8. The smallest absolute Gasteiger partial charge is 0.266 e. The second kappa shape index (κ2) is 38.4. The summed E-state index contributed by atoms with van der Waals surface area (Å²) in [7, 11) is 2.16. The largest absolute Gasteiger partial charge is 0.483 e. The molecule has 4 aromatic rings. The predicted octanol–water partition coefficient (Wildman–Crippen LogP) is 5.47. The van der Waals surface area contributed by atoms with Crippen LogP contribution < -0.4 is 31.3 Å². The van der Waals surface area contributed by atoms with Crippen LogP contribution in [0, 0.1) is 13.8 Å². The van der Waals surface area contributed by atoms with Gasteiger partial charge >= 0.3 is 0 Å². The van der Waals surface area contributed by atoms with Crippen LogP contribution in [0.5, 0.6) is 5.75 Å². The average molecular weight is 1270 g/mol. The van der Waals surface area contributed by atoms with Crippen molar-refractivity contribution in [3.8, 4) is 10.8 Å². The fraction of sp³-hybridized carbons (Fsp3) is 0.516. The highest BCUT2D eigenvalue weighted by Gasteiger charge is 2.46. The molecule has 11 amide bonds. The van der Waals surface area contributed by atoms with Crippen molar-refractivity contribution in [2.75, 3.05) is 66.0 Å². The molecule has 2 atom stereocenters. The maximum Gasteiger partial charge on any atom is 0.266 e. The average Bonchev–Trinajstić information content (AvgIpc) is 1.77. The lowest BCUT2D eigenvalue weighted by Gasteiger charge is -2.32. The maximum atomic E-state index is 13.5. The van der Waals surface area contributed by atoms with Gasteiger partial charge < -0.3 is 30.5 Å². The predicted molar refractivity (Wildman–Crippen MR) is 338 cm³/mol. The molecule has 5 N–H and O–H groups in total. The Bertz CT molecular complexity index is 3100. The van der Waals surface area contributed by atoms with Gasteiger partial charge in [0.25, 0.3) is 23.6 Å². The summed E-state index contributed by atoms with van der Waals surface area (Å²) in [6, 6.07) is 10.6. The third-order valence-electron chi connectivity index (χ3n) is 14.5. The molecule has 4 aliphatic heterocycles. The normalized spacial score (nSPS) is 15.2. The molecule has 0 saturated carbocycles. The lowest BCUT2D eigenvalue weighted by molar-refractivity contribution is -0.136. The summed E-state index contributed by atoms with van der Waals surface area (Å²) in [4.78, 5) is 140. The number of hydrogen-bond donors (Lipinski definition) is 5. The summed E-state index contributed by atoms with van der Waals surface area (Å²) in [5, 5.41) is 23.0. The number of piperazine rings is 1. The van der Waals surface area contributed by atoms with Crippen LogP contribution in [0.4, 0.5) is 0 Å². The SMILES string of the molecule is CC.CC.CC(=O)NCCCN1CCN(C)CC1.CC(CCC(=O)NC=O)N(C=O)C=O.Cc1c(C(=O)NCCCCCCCCNC(=O)COc2cccc3c2C(=O)N(C2CCC(=O)NC2=O)C3=O)sc2c1C(c1ccc(Cl)cc1)=NCc1nnc(C)n1-2. The topological polar surface area (TPSA) is 313 Å². The molecule has 484 valence electrons. The molecule has 2 saturated heterocycles. The monoisotopic (exact) mass is 1270 g/mol. The Balaban J connectivity index is 0.000000433. The lowest BCUT2D eigenvalue weighted by atomic mass is 9.99. The highest BCUT2D eigenvalue weighted by Crippen LogP contribution is 2.37. The van der Waals surface area contributed by atoms with Crippen LogP contribution in [0.3, 0.4) is 0 Å². The van der Waals surface area contributed by atoms with E-state index in [1.165, 1.54) is 36.6 Å². The fourth-order valence-corrected chi connectivity index (χ4v) is 11.2. The zero-order valence-corrected chi connectivity index (χ0v) is 54.1. The number of halogens is 1. The van der Waals surface area contributed by atoms with E-state index in [4.69, 9.17) is 21.3 Å². The Hall–Kier alpha value is -8.07. The van der Waals surface area contributed by atoms with Crippen LogP contribution in [0.25, 0.3) is 5.00 Å². The number of unbranched alkanes of at least 4 members (excludes halogenated alkanes) is 5. The minimum absolute atomic E-state index is 0.00404. The summed E-state index contributed by atoms with van der Waals surface area (Å²) in [6.45, 7) is 22.6. The van der Waals surface area contributed by atoms with Gasteiger partial charge in [0.1, 0.15) is 29.2 Å². The molecule has 0 spiro atoms. The summed E-state index contributed by atoms with van der Waals surface area (Å²) < 4.78 is 7.64. The number of benzene rings is 2. The van der Waals surface area contributed by atoms with Crippen molar-refractivity contribution in [2.24, 2.45) is 4.99 Å². The molecule has 89 heavy (non-hydrogen) atoms. The number of carbonyl (C=O) groups excluding carboxylic acids is 11. The van der Waals surface area contributed by atoms with Crippen LogP contribution >= 0.6 is 22.9 Å². The van der Waals surface area contributed by atoms with Crippen molar-refractivity contribution in [3.05, 3.63) is 91.8 Å². The first-order valence-corrected chi connectivity index (χ1v) is 31.5. The van der Waals surface area contributed by atoms with Gasteiger partial charge in [-0.15, -0.1) is 21.5 Å².